The molecule has 0 aromatic carbocycles. The highest BCUT2D eigenvalue weighted by Gasteiger charge is 2.48. The molecule has 1 unspecified atom stereocenters. The first-order valence-electron chi connectivity index (χ1n) is 10.6. The van der Waals surface area contributed by atoms with Gasteiger partial charge in [0.25, 0.3) is 11.8 Å². The number of aromatic nitrogens is 5. The van der Waals surface area contributed by atoms with Crippen LogP contribution in [0.2, 0.25) is 0 Å². The summed E-state index contributed by atoms with van der Waals surface area (Å²) >= 11 is 0. The van der Waals surface area contributed by atoms with Crippen LogP contribution in [0.5, 0.6) is 0 Å². The molecule has 1 saturated heterocycles. The van der Waals surface area contributed by atoms with Crippen LogP contribution >= 0.6 is 0 Å². The third-order valence-corrected chi connectivity index (χ3v) is 6.48. The van der Waals surface area contributed by atoms with Crippen LogP contribution in [-0.2, 0) is 0 Å². The van der Waals surface area contributed by atoms with E-state index >= 15 is 0 Å². The minimum absolute atomic E-state index is 0.0970. The van der Waals surface area contributed by atoms with Gasteiger partial charge in [-0.15, -0.1) is 5.10 Å². The number of aromatic amines is 1. The second kappa shape index (κ2) is 8.18. The predicted octanol–water partition coefficient (Wildman–Crippen LogP) is 2.10. The quantitative estimate of drug-likeness (QED) is 0.558. The SMILES string of the molecule is CNc1cccc(C(=O)N2CCC(CNC(=O)c3cnc4n[nH]nc4c3)(C(C)(C)C)C2)n1. The van der Waals surface area contributed by atoms with E-state index < -0.39 is 0 Å². The molecule has 3 aromatic rings. The van der Waals surface area contributed by atoms with Crippen molar-refractivity contribution in [2.75, 3.05) is 32.0 Å². The van der Waals surface area contributed by atoms with Crippen LogP contribution in [0, 0.1) is 10.8 Å². The second-order valence-electron chi connectivity index (χ2n) is 9.24. The smallest absolute Gasteiger partial charge is 0.272 e. The number of hydrogen-bond acceptors (Lipinski definition) is 7. The van der Waals surface area contributed by atoms with Crippen molar-refractivity contribution in [2.24, 2.45) is 10.8 Å². The van der Waals surface area contributed by atoms with Crippen molar-refractivity contribution in [3.8, 4) is 0 Å². The van der Waals surface area contributed by atoms with Gasteiger partial charge in [0.2, 0.25) is 5.65 Å². The van der Waals surface area contributed by atoms with Gasteiger partial charge in [0.05, 0.1) is 5.56 Å². The molecule has 0 bridgehead atoms. The van der Waals surface area contributed by atoms with E-state index in [1.54, 1.807) is 19.2 Å². The number of fused-ring (bicyclic) bond motifs is 1. The third-order valence-electron chi connectivity index (χ3n) is 6.48. The van der Waals surface area contributed by atoms with Crippen molar-refractivity contribution in [1.29, 1.82) is 0 Å². The fourth-order valence-electron chi connectivity index (χ4n) is 4.14. The van der Waals surface area contributed by atoms with Gasteiger partial charge in [-0.1, -0.05) is 26.8 Å². The van der Waals surface area contributed by atoms with Gasteiger partial charge in [-0.3, -0.25) is 9.59 Å². The van der Waals surface area contributed by atoms with Crippen LogP contribution in [0.15, 0.2) is 30.5 Å². The molecule has 1 fully saturated rings. The first-order chi connectivity index (χ1) is 15.2. The van der Waals surface area contributed by atoms with E-state index in [0.29, 0.717) is 47.9 Å². The zero-order valence-electron chi connectivity index (χ0n) is 18.8. The Kier molecular flexibility index (Phi) is 5.53. The number of carbonyl (C=O) groups excluding carboxylic acids is 2. The molecule has 4 rings (SSSR count). The standard InChI is InChI=1S/C22H28N8O2/c1-21(2,3)22(12-25-19(31)14-10-16-18(24-11-14)28-29-27-16)8-9-30(13-22)20(32)15-6-5-7-17(23-4)26-15/h5-7,10-11H,8-9,12-13H2,1-4H3,(H,23,26)(H,25,31)(H,24,27,28,29). The Morgan fingerprint density at radius 2 is 2.06 bits per heavy atom. The van der Waals surface area contributed by atoms with Crippen molar-refractivity contribution >= 4 is 28.8 Å². The van der Waals surface area contributed by atoms with Crippen LogP contribution in [-0.4, -0.2) is 68.8 Å². The molecule has 10 heteroatoms. The van der Waals surface area contributed by atoms with Crippen LogP contribution in [0.1, 0.15) is 48.0 Å². The second-order valence-corrected chi connectivity index (χ2v) is 9.24. The summed E-state index contributed by atoms with van der Waals surface area (Å²) in [7, 11) is 1.77. The third kappa shape index (κ3) is 4.00. The molecule has 1 aliphatic heterocycles. The monoisotopic (exact) mass is 436 g/mol. The maximum Gasteiger partial charge on any atom is 0.272 e. The number of hydrogen-bond donors (Lipinski definition) is 3. The Bertz CT molecular complexity index is 1150. The van der Waals surface area contributed by atoms with Gasteiger partial charge in [0.15, 0.2) is 0 Å². The molecule has 32 heavy (non-hydrogen) atoms. The van der Waals surface area contributed by atoms with Crippen LogP contribution in [0.3, 0.4) is 0 Å². The molecule has 0 radical (unpaired) electrons. The molecule has 1 aliphatic rings. The fraction of sp³-hybridized carbons (Fsp3) is 0.455. The average molecular weight is 437 g/mol. The van der Waals surface area contributed by atoms with Gasteiger partial charge in [0.1, 0.15) is 17.0 Å². The van der Waals surface area contributed by atoms with Crippen molar-refractivity contribution in [1.82, 2.24) is 35.6 Å². The van der Waals surface area contributed by atoms with Crippen molar-refractivity contribution < 1.29 is 9.59 Å². The number of pyridine rings is 2. The molecule has 3 N–H and O–H groups in total. The molecule has 3 aromatic heterocycles. The summed E-state index contributed by atoms with van der Waals surface area (Å²) in [5, 5.41) is 16.4. The Labute approximate surface area is 186 Å². The summed E-state index contributed by atoms with van der Waals surface area (Å²) in [5.41, 5.74) is 1.44. The minimum Gasteiger partial charge on any atom is -0.373 e. The molecular formula is C22H28N8O2. The summed E-state index contributed by atoms with van der Waals surface area (Å²) < 4.78 is 0. The van der Waals surface area contributed by atoms with Gasteiger partial charge >= 0.3 is 0 Å². The summed E-state index contributed by atoms with van der Waals surface area (Å²) in [5.74, 6) is 0.335. The Morgan fingerprint density at radius 3 is 2.81 bits per heavy atom. The zero-order chi connectivity index (χ0) is 22.9. The number of nitrogens with one attached hydrogen (secondary N) is 3. The van der Waals surface area contributed by atoms with Gasteiger partial charge in [-0.2, -0.15) is 10.3 Å². The lowest BCUT2D eigenvalue weighted by molar-refractivity contribution is 0.0642. The Morgan fingerprint density at radius 1 is 1.25 bits per heavy atom. The highest BCUT2D eigenvalue weighted by atomic mass is 16.2. The molecule has 2 amide bonds. The molecule has 1 atom stereocenters. The number of amides is 2. The van der Waals surface area contributed by atoms with E-state index in [2.05, 4.69) is 56.8 Å². The van der Waals surface area contributed by atoms with Crippen molar-refractivity contribution in [2.45, 2.75) is 27.2 Å². The summed E-state index contributed by atoms with van der Waals surface area (Å²) in [4.78, 5) is 36.3. The molecule has 10 nitrogen and oxygen atoms in total. The lowest BCUT2D eigenvalue weighted by Gasteiger charge is -2.42. The molecular weight excluding hydrogens is 408 g/mol. The summed E-state index contributed by atoms with van der Waals surface area (Å²) in [6, 6.07) is 7.03. The average Bonchev–Trinajstić information content (AvgIpc) is 3.44. The minimum atomic E-state index is -0.273. The lowest BCUT2D eigenvalue weighted by Crippen LogP contribution is -2.48. The molecule has 0 spiro atoms. The maximum absolute atomic E-state index is 13.1. The van der Waals surface area contributed by atoms with Crippen LogP contribution < -0.4 is 10.6 Å². The van der Waals surface area contributed by atoms with Gasteiger partial charge in [-0.25, -0.2) is 9.97 Å². The Balaban J connectivity index is 1.49. The number of anilines is 1. The highest BCUT2D eigenvalue weighted by Crippen LogP contribution is 2.46. The maximum atomic E-state index is 13.1. The summed E-state index contributed by atoms with van der Waals surface area (Å²) in [6.45, 7) is 8.05. The zero-order valence-corrected chi connectivity index (χ0v) is 18.8. The molecule has 4 heterocycles. The van der Waals surface area contributed by atoms with Crippen molar-refractivity contribution in [3.63, 3.8) is 0 Å². The first kappa shape index (κ1) is 21.7. The Hall–Kier alpha value is -3.56. The van der Waals surface area contributed by atoms with E-state index in [1.807, 2.05) is 17.0 Å². The van der Waals surface area contributed by atoms with Crippen molar-refractivity contribution in [3.05, 3.63) is 41.7 Å². The van der Waals surface area contributed by atoms with Gasteiger partial charge < -0.3 is 15.5 Å². The van der Waals surface area contributed by atoms with E-state index in [9.17, 15) is 9.59 Å². The predicted molar refractivity (Wildman–Crippen MR) is 120 cm³/mol. The topological polar surface area (TPSA) is 129 Å². The largest absolute Gasteiger partial charge is 0.373 e. The fourth-order valence-corrected chi connectivity index (χ4v) is 4.14. The lowest BCUT2D eigenvalue weighted by atomic mass is 9.66. The van der Waals surface area contributed by atoms with Gasteiger partial charge in [0, 0.05) is 38.3 Å². The number of likely N-dealkylation sites (tertiary alicyclic amines) is 1. The normalized spacial score (nSPS) is 18.7. The number of rotatable bonds is 5. The molecule has 168 valence electrons. The van der Waals surface area contributed by atoms with E-state index in [4.69, 9.17) is 0 Å². The number of nitrogens with zero attached hydrogens (tertiary/aromatic N) is 5. The molecule has 0 aliphatic carbocycles. The van der Waals surface area contributed by atoms with E-state index in [0.717, 1.165) is 6.42 Å². The first-order valence-corrected chi connectivity index (χ1v) is 10.6. The van der Waals surface area contributed by atoms with Gasteiger partial charge in [-0.05, 0) is 30.0 Å². The van der Waals surface area contributed by atoms with Crippen LogP contribution in [0.4, 0.5) is 5.82 Å². The summed E-state index contributed by atoms with van der Waals surface area (Å²) in [6.07, 6.45) is 2.28. The highest BCUT2D eigenvalue weighted by molar-refractivity contribution is 5.96. The number of H-pyrrole nitrogens is 1. The van der Waals surface area contributed by atoms with Crippen LogP contribution in [0.25, 0.3) is 11.2 Å². The molecule has 0 saturated carbocycles. The number of carbonyl (C=O) groups is 2. The van der Waals surface area contributed by atoms with E-state index in [1.165, 1.54) is 6.20 Å². The van der Waals surface area contributed by atoms with E-state index in [-0.39, 0.29) is 22.6 Å².